The fraction of sp³-hybridized carbons (Fsp3) is 0.462. The highest BCUT2D eigenvalue weighted by Gasteiger charge is 2.37. The summed E-state index contributed by atoms with van der Waals surface area (Å²) in [7, 11) is 1.38. The van der Waals surface area contributed by atoms with Gasteiger partial charge in [-0.2, -0.15) is 0 Å². The summed E-state index contributed by atoms with van der Waals surface area (Å²) in [6.45, 7) is 0. The number of methoxy groups -OCH3 is 1. The Morgan fingerprint density at radius 1 is 1.56 bits per heavy atom. The Hall–Kier alpha value is -1.78. The zero-order valence-electron chi connectivity index (χ0n) is 10.0. The molecular formula is C13H15FO4. The van der Waals surface area contributed by atoms with Crippen LogP contribution in [-0.2, 0) is 4.79 Å². The molecular weight excluding hydrogens is 239 g/mol. The summed E-state index contributed by atoms with van der Waals surface area (Å²) in [4.78, 5) is 10.9. The molecule has 2 rings (SSSR count). The van der Waals surface area contributed by atoms with E-state index in [4.69, 9.17) is 9.84 Å². The van der Waals surface area contributed by atoms with Gasteiger partial charge in [-0.3, -0.25) is 4.79 Å². The molecule has 0 bridgehead atoms. The van der Waals surface area contributed by atoms with Crippen LogP contribution >= 0.6 is 0 Å². The predicted molar refractivity (Wildman–Crippen MR) is 62.3 cm³/mol. The number of hydrogen-bond donors (Lipinski definition) is 2. The summed E-state index contributed by atoms with van der Waals surface area (Å²) < 4.78 is 18.8. The fourth-order valence-electron chi connectivity index (χ4n) is 2.27. The van der Waals surface area contributed by atoms with Gasteiger partial charge in [0.1, 0.15) is 5.82 Å². The maximum Gasteiger partial charge on any atom is 0.303 e. The molecule has 0 spiro atoms. The molecule has 1 saturated carbocycles. The molecule has 1 unspecified atom stereocenters. The van der Waals surface area contributed by atoms with Crippen LogP contribution in [0.4, 0.5) is 4.39 Å². The molecule has 1 aromatic rings. The van der Waals surface area contributed by atoms with Crippen molar-refractivity contribution in [2.24, 2.45) is 5.92 Å². The third-order valence-corrected chi connectivity index (χ3v) is 3.30. The van der Waals surface area contributed by atoms with E-state index in [1.54, 1.807) is 0 Å². The largest absolute Gasteiger partial charge is 0.504 e. The van der Waals surface area contributed by atoms with Gasteiger partial charge in [-0.05, 0) is 30.9 Å². The summed E-state index contributed by atoms with van der Waals surface area (Å²) in [5.41, 5.74) is 0.0688. The van der Waals surface area contributed by atoms with Crippen molar-refractivity contribution in [3.05, 3.63) is 23.5 Å². The van der Waals surface area contributed by atoms with Crippen molar-refractivity contribution in [1.29, 1.82) is 0 Å². The Labute approximate surface area is 104 Å². The molecule has 1 aliphatic rings. The van der Waals surface area contributed by atoms with E-state index in [9.17, 15) is 14.3 Å². The molecule has 4 nitrogen and oxygen atoms in total. The number of halogens is 1. The predicted octanol–water partition coefficient (Wildman–Crippen LogP) is 2.51. The number of rotatable bonds is 5. The number of aromatic hydroxyl groups is 1. The average Bonchev–Trinajstić information content (AvgIpc) is 3.11. The van der Waals surface area contributed by atoms with Gasteiger partial charge in [0.15, 0.2) is 11.5 Å². The normalized spacial score (nSPS) is 16.3. The lowest BCUT2D eigenvalue weighted by Gasteiger charge is -2.18. The van der Waals surface area contributed by atoms with Crippen LogP contribution in [0.1, 0.15) is 30.7 Å². The molecule has 1 fully saturated rings. The van der Waals surface area contributed by atoms with Crippen LogP contribution in [0.5, 0.6) is 11.5 Å². The molecule has 0 amide bonds. The smallest absolute Gasteiger partial charge is 0.303 e. The van der Waals surface area contributed by atoms with Crippen LogP contribution in [-0.4, -0.2) is 23.3 Å². The second kappa shape index (κ2) is 4.84. The number of benzene rings is 1. The monoisotopic (exact) mass is 254 g/mol. The van der Waals surface area contributed by atoms with Gasteiger partial charge in [-0.15, -0.1) is 0 Å². The lowest BCUT2D eigenvalue weighted by Crippen LogP contribution is -2.10. The number of ether oxygens (including phenoxy) is 1. The average molecular weight is 254 g/mol. The van der Waals surface area contributed by atoms with Crippen molar-refractivity contribution >= 4 is 5.97 Å². The molecule has 1 aromatic carbocycles. The first-order valence-electron chi connectivity index (χ1n) is 5.81. The maximum atomic E-state index is 13.8. The number of phenols is 1. The number of aliphatic carboxylic acids is 1. The van der Waals surface area contributed by atoms with Gasteiger partial charge in [0.05, 0.1) is 13.5 Å². The van der Waals surface area contributed by atoms with Crippen molar-refractivity contribution in [3.63, 3.8) is 0 Å². The fourth-order valence-corrected chi connectivity index (χ4v) is 2.27. The first-order valence-corrected chi connectivity index (χ1v) is 5.81. The van der Waals surface area contributed by atoms with Crippen molar-refractivity contribution in [1.82, 2.24) is 0 Å². The molecule has 98 valence electrons. The van der Waals surface area contributed by atoms with Crippen LogP contribution < -0.4 is 4.74 Å². The zero-order valence-corrected chi connectivity index (χ0v) is 10.0. The van der Waals surface area contributed by atoms with E-state index in [2.05, 4.69) is 0 Å². The van der Waals surface area contributed by atoms with Gasteiger partial charge in [-0.1, -0.05) is 0 Å². The summed E-state index contributed by atoms with van der Waals surface area (Å²) in [6.07, 6.45) is 1.56. The zero-order chi connectivity index (χ0) is 13.3. The minimum Gasteiger partial charge on any atom is -0.504 e. The van der Waals surface area contributed by atoms with Crippen molar-refractivity contribution < 1.29 is 24.1 Å². The number of carboxylic acids is 1. The summed E-state index contributed by atoms with van der Waals surface area (Å²) in [5, 5.41) is 18.9. The first kappa shape index (κ1) is 12.7. The molecule has 1 aliphatic carbocycles. The van der Waals surface area contributed by atoms with Gasteiger partial charge < -0.3 is 14.9 Å². The quantitative estimate of drug-likeness (QED) is 0.847. The number of carbonyl (C=O) groups is 1. The topological polar surface area (TPSA) is 66.8 Å². The number of carboxylic acid groups (broad SMARTS) is 1. The Morgan fingerprint density at radius 2 is 2.22 bits per heavy atom. The summed E-state index contributed by atoms with van der Waals surface area (Å²) in [6, 6.07) is 2.53. The molecule has 0 aromatic heterocycles. The minimum absolute atomic E-state index is 0.0688. The molecule has 0 heterocycles. The Morgan fingerprint density at radius 3 is 2.72 bits per heavy atom. The van der Waals surface area contributed by atoms with Crippen LogP contribution in [0.3, 0.4) is 0 Å². The molecule has 0 radical (unpaired) electrons. The highest BCUT2D eigenvalue weighted by Crippen LogP contribution is 2.49. The van der Waals surface area contributed by atoms with Gasteiger partial charge in [0, 0.05) is 11.5 Å². The number of phenolic OH excluding ortho intramolecular Hbond substituents is 1. The number of hydrogen-bond acceptors (Lipinski definition) is 3. The lowest BCUT2D eigenvalue weighted by molar-refractivity contribution is -0.137. The van der Waals surface area contributed by atoms with E-state index in [1.807, 2.05) is 0 Å². The van der Waals surface area contributed by atoms with Crippen molar-refractivity contribution in [2.45, 2.75) is 25.2 Å². The molecule has 0 saturated heterocycles. The van der Waals surface area contributed by atoms with E-state index >= 15 is 0 Å². The Bertz CT molecular complexity index is 468. The van der Waals surface area contributed by atoms with E-state index < -0.39 is 17.7 Å². The third kappa shape index (κ3) is 2.39. The highest BCUT2D eigenvalue weighted by molar-refractivity contribution is 5.69. The van der Waals surface area contributed by atoms with Gasteiger partial charge in [0.2, 0.25) is 0 Å². The van der Waals surface area contributed by atoms with Gasteiger partial charge in [-0.25, -0.2) is 4.39 Å². The summed E-state index contributed by atoms with van der Waals surface area (Å²) in [5.74, 6) is -2.04. The van der Waals surface area contributed by atoms with Crippen LogP contribution in [0.2, 0.25) is 0 Å². The van der Waals surface area contributed by atoms with E-state index in [-0.39, 0.29) is 29.4 Å². The van der Waals surface area contributed by atoms with Gasteiger partial charge in [0.25, 0.3) is 0 Å². The van der Waals surface area contributed by atoms with Crippen LogP contribution in [0, 0.1) is 11.7 Å². The maximum absolute atomic E-state index is 13.8. The molecule has 5 heteroatoms. The SMILES string of the molecule is COc1ccc(F)c(C(CC(=O)O)C2CC2)c1O. The Kier molecular flexibility index (Phi) is 3.41. The first-order chi connectivity index (χ1) is 8.54. The standard InChI is InChI=1S/C13H15FO4/c1-18-10-5-4-9(14)12(13(10)17)8(6-11(15)16)7-2-3-7/h4-5,7-8,17H,2-3,6H2,1H3,(H,15,16). The molecule has 2 N–H and O–H groups in total. The van der Waals surface area contributed by atoms with E-state index in [1.165, 1.54) is 19.2 Å². The van der Waals surface area contributed by atoms with Crippen molar-refractivity contribution in [2.75, 3.05) is 7.11 Å². The second-order valence-corrected chi connectivity index (χ2v) is 4.55. The third-order valence-electron chi connectivity index (χ3n) is 3.30. The highest BCUT2D eigenvalue weighted by atomic mass is 19.1. The Balaban J connectivity index is 2.42. The second-order valence-electron chi connectivity index (χ2n) is 4.55. The minimum atomic E-state index is -0.992. The van der Waals surface area contributed by atoms with Crippen LogP contribution in [0.25, 0.3) is 0 Å². The lowest BCUT2D eigenvalue weighted by atomic mass is 9.89. The molecule has 0 aliphatic heterocycles. The molecule has 18 heavy (non-hydrogen) atoms. The molecule has 1 atom stereocenters. The van der Waals surface area contributed by atoms with Gasteiger partial charge >= 0.3 is 5.97 Å². The van der Waals surface area contributed by atoms with Crippen LogP contribution in [0.15, 0.2) is 12.1 Å². The van der Waals surface area contributed by atoms with E-state index in [0.29, 0.717) is 0 Å². The summed E-state index contributed by atoms with van der Waals surface area (Å²) >= 11 is 0. The van der Waals surface area contributed by atoms with E-state index in [0.717, 1.165) is 12.8 Å². The van der Waals surface area contributed by atoms with Crippen molar-refractivity contribution in [3.8, 4) is 11.5 Å².